The zero-order valence-electron chi connectivity index (χ0n) is 15.7. The Labute approximate surface area is 166 Å². The van der Waals surface area contributed by atoms with Crippen LogP contribution in [0.25, 0.3) is 10.2 Å². The van der Waals surface area contributed by atoms with Crippen LogP contribution in [0.5, 0.6) is 11.6 Å². The molecule has 28 heavy (non-hydrogen) atoms. The Kier molecular flexibility index (Phi) is 4.79. The van der Waals surface area contributed by atoms with Gasteiger partial charge in [-0.3, -0.25) is 9.48 Å². The zero-order chi connectivity index (χ0) is 19.7. The molecule has 0 radical (unpaired) electrons. The number of rotatable bonds is 5. The van der Waals surface area contributed by atoms with E-state index in [1.807, 2.05) is 29.9 Å². The van der Waals surface area contributed by atoms with Gasteiger partial charge in [-0.15, -0.1) is 16.4 Å². The standard InChI is InChI=1S/C20H19N5O2S/c1-12(2)18-15-11-16(28-20(15)25(3)24-18)19(26)22-13-6-4-7-14(10-13)27-17-8-5-9-21-23-17/h4-12H,1-3H3,(H,22,26). The number of fused-ring (bicyclic) bond motifs is 1. The van der Waals surface area contributed by atoms with Crippen molar-refractivity contribution < 1.29 is 9.53 Å². The zero-order valence-corrected chi connectivity index (χ0v) is 16.5. The summed E-state index contributed by atoms with van der Waals surface area (Å²) in [4.78, 5) is 14.4. The smallest absolute Gasteiger partial charge is 0.265 e. The number of thiophene rings is 1. The van der Waals surface area contributed by atoms with Gasteiger partial charge < -0.3 is 10.1 Å². The number of carbonyl (C=O) groups is 1. The predicted octanol–water partition coefficient (Wildman–Crippen LogP) is 4.59. The summed E-state index contributed by atoms with van der Waals surface area (Å²) < 4.78 is 7.50. The van der Waals surface area contributed by atoms with Gasteiger partial charge in [-0.2, -0.15) is 10.2 Å². The minimum Gasteiger partial charge on any atom is -0.437 e. The Hall–Kier alpha value is -3.26. The monoisotopic (exact) mass is 393 g/mol. The lowest BCUT2D eigenvalue weighted by molar-refractivity contribution is 0.103. The summed E-state index contributed by atoms with van der Waals surface area (Å²) in [6, 6.07) is 12.6. The van der Waals surface area contributed by atoms with Crippen LogP contribution in [-0.4, -0.2) is 25.9 Å². The summed E-state index contributed by atoms with van der Waals surface area (Å²) in [5.74, 6) is 1.10. The first-order chi connectivity index (χ1) is 13.5. The number of hydrogen-bond donors (Lipinski definition) is 1. The maximum absolute atomic E-state index is 12.8. The summed E-state index contributed by atoms with van der Waals surface area (Å²) in [5, 5.41) is 16.2. The van der Waals surface area contributed by atoms with Crippen molar-refractivity contribution in [3.8, 4) is 11.6 Å². The molecule has 0 spiro atoms. The van der Waals surface area contributed by atoms with Gasteiger partial charge in [0.25, 0.3) is 5.91 Å². The van der Waals surface area contributed by atoms with Crippen LogP contribution in [0, 0.1) is 0 Å². The third kappa shape index (κ3) is 3.59. The summed E-state index contributed by atoms with van der Waals surface area (Å²) >= 11 is 1.44. The lowest BCUT2D eigenvalue weighted by atomic mass is 10.1. The van der Waals surface area contributed by atoms with Crippen LogP contribution < -0.4 is 10.1 Å². The summed E-state index contributed by atoms with van der Waals surface area (Å²) in [5.41, 5.74) is 1.65. The van der Waals surface area contributed by atoms with Crippen molar-refractivity contribution in [2.24, 2.45) is 7.05 Å². The molecule has 3 aromatic heterocycles. The van der Waals surface area contributed by atoms with E-state index >= 15 is 0 Å². The fourth-order valence-electron chi connectivity index (χ4n) is 2.90. The highest BCUT2D eigenvalue weighted by Crippen LogP contribution is 2.32. The fourth-order valence-corrected chi connectivity index (χ4v) is 3.87. The number of ether oxygens (including phenoxy) is 1. The van der Waals surface area contributed by atoms with Gasteiger partial charge in [0.15, 0.2) is 0 Å². The quantitative estimate of drug-likeness (QED) is 0.536. The molecule has 4 aromatic rings. The second-order valence-corrected chi connectivity index (χ2v) is 7.67. The number of carbonyl (C=O) groups excluding carboxylic acids is 1. The molecule has 0 bridgehead atoms. The minimum absolute atomic E-state index is 0.160. The first-order valence-electron chi connectivity index (χ1n) is 8.84. The van der Waals surface area contributed by atoms with Crippen LogP contribution in [0.3, 0.4) is 0 Å². The van der Waals surface area contributed by atoms with E-state index in [-0.39, 0.29) is 5.91 Å². The number of benzene rings is 1. The molecule has 0 saturated heterocycles. The maximum atomic E-state index is 12.8. The van der Waals surface area contributed by atoms with Crippen molar-refractivity contribution in [1.29, 1.82) is 0 Å². The van der Waals surface area contributed by atoms with E-state index in [9.17, 15) is 4.79 Å². The van der Waals surface area contributed by atoms with Crippen LogP contribution >= 0.6 is 11.3 Å². The van der Waals surface area contributed by atoms with Gasteiger partial charge in [-0.1, -0.05) is 19.9 Å². The van der Waals surface area contributed by atoms with Gasteiger partial charge >= 0.3 is 0 Å². The largest absolute Gasteiger partial charge is 0.437 e. The number of aromatic nitrogens is 4. The van der Waals surface area contributed by atoms with Crippen molar-refractivity contribution in [3.05, 3.63) is 59.2 Å². The van der Waals surface area contributed by atoms with Gasteiger partial charge in [0.1, 0.15) is 10.6 Å². The van der Waals surface area contributed by atoms with Crippen LogP contribution in [0.15, 0.2) is 48.7 Å². The molecule has 3 heterocycles. The van der Waals surface area contributed by atoms with Crippen molar-refractivity contribution >= 4 is 33.1 Å². The number of amides is 1. The molecule has 0 fully saturated rings. The average Bonchev–Trinajstić information content (AvgIpc) is 3.24. The molecule has 0 saturated carbocycles. The van der Waals surface area contributed by atoms with E-state index < -0.39 is 0 Å². The minimum atomic E-state index is -0.160. The fraction of sp³-hybridized carbons (Fsp3) is 0.200. The maximum Gasteiger partial charge on any atom is 0.265 e. The van der Waals surface area contributed by atoms with Crippen molar-refractivity contribution in [1.82, 2.24) is 20.0 Å². The van der Waals surface area contributed by atoms with E-state index in [1.165, 1.54) is 11.3 Å². The highest BCUT2D eigenvalue weighted by molar-refractivity contribution is 7.20. The molecule has 0 aliphatic rings. The number of hydrogen-bond acceptors (Lipinski definition) is 6. The van der Waals surface area contributed by atoms with Gasteiger partial charge in [-0.05, 0) is 30.2 Å². The Balaban J connectivity index is 1.54. The Bertz CT molecular complexity index is 1130. The molecular formula is C20H19N5O2S. The normalized spacial score (nSPS) is 11.1. The summed E-state index contributed by atoms with van der Waals surface area (Å²) in [6.45, 7) is 4.20. The summed E-state index contributed by atoms with van der Waals surface area (Å²) in [7, 11) is 1.90. The van der Waals surface area contributed by atoms with Gasteiger partial charge in [0.2, 0.25) is 5.88 Å². The molecule has 4 rings (SSSR count). The first kappa shape index (κ1) is 18.1. The topological polar surface area (TPSA) is 81.9 Å². The summed E-state index contributed by atoms with van der Waals surface area (Å²) in [6.07, 6.45) is 1.58. The molecule has 1 N–H and O–H groups in total. The van der Waals surface area contributed by atoms with Gasteiger partial charge in [0, 0.05) is 36.5 Å². The van der Waals surface area contributed by atoms with Crippen LogP contribution in [0.4, 0.5) is 5.69 Å². The Morgan fingerprint density at radius 3 is 2.82 bits per heavy atom. The molecule has 0 atom stereocenters. The molecule has 1 aromatic carbocycles. The van der Waals surface area contributed by atoms with Crippen LogP contribution in [-0.2, 0) is 7.05 Å². The molecule has 142 valence electrons. The predicted molar refractivity (Wildman–Crippen MR) is 109 cm³/mol. The highest BCUT2D eigenvalue weighted by atomic mass is 32.1. The Morgan fingerprint density at radius 2 is 2.07 bits per heavy atom. The number of anilines is 1. The van der Waals surface area contributed by atoms with E-state index in [4.69, 9.17) is 4.74 Å². The van der Waals surface area contributed by atoms with Crippen molar-refractivity contribution in [2.75, 3.05) is 5.32 Å². The van der Waals surface area contributed by atoms with E-state index in [0.717, 1.165) is 15.9 Å². The van der Waals surface area contributed by atoms with Crippen molar-refractivity contribution in [3.63, 3.8) is 0 Å². The van der Waals surface area contributed by atoms with E-state index in [0.29, 0.717) is 28.1 Å². The van der Waals surface area contributed by atoms with Gasteiger partial charge in [-0.25, -0.2) is 0 Å². The molecule has 0 unspecified atom stereocenters. The third-order valence-electron chi connectivity index (χ3n) is 4.17. The van der Waals surface area contributed by atoms with Gasteiger partial charge in [0.05, 0.1) is 10.6 Å². The number of nitrogens with one attached hydrogen (secondary N) is 1. The molecule has 7 nitrogen and oxygen atoms in total. The lowest BCUT2D eigenvalue weighted by Crippen LogP contribution is -2.10. The molecule has 1 amide bonds. The Morgan fingerprint density at radius 1 is 1.21 bits per heavy atom. The third-order valence-corrected chi connectivity index (χ3v) is 5.37. The van der Waals surface area contributed by atoms with Crippen molar-refractivity contribution in [2.45, 2.75) is 19.8 Å². The number of aryl methyl sites for hydroxylation is 1. The van der Waals surface area contributed by atoms with E-state index in [1.54, 1.807) is 30.5 Å². The molecule has 0 aliphatic heterocycles. The van der Waals surface area contributed by atoms with Crippen LogP contribution in [0.1, 0.15) is 35.1 Å². The SMILES string of the molecule is CC(C)c1nn(C)c2sc(C(=O)Nc3cccc(Oc4cccnn4)c3)cc12. The lowest BCUT2D eigenvalue weighted by Gasteiger charge is -2.07. The second kappa shape index (κ2) is 7.40. The molecule has 8 heteroatoms. The highest BCUT2D eigenvalue weighted by Gasteiger charge is 2.18. The average molecular weight is 393 g/mol. The molecule has 0 aliphatic carbocycles. The van der Waals surface area contributed by atoms with Crippen LogP contribution in [0.2, 0.25) is 0 Å². The molecular weight excluding hydrogens is 374 g/mol. The second-order valence-electron chi connectivity index (χ2n) is 6.64. The number of nitrogens with zero attached hydrogens (tertiary/aromatic N) is 4. The first-order valence-corrected chi connectivity index (χ1v) is 9.66. The van der Waals surface area contributed by atoms with E-state index in [2.05, 4.69) is 34.5 Å².